The standard InChI is InChI=1S/C14H23IO2Si/c1-3-16-18(4-2,12-8-11-15)17-13-14-9-6-5-7-10-14/h5-7,9-10H,3-4,8,11-13H2,1-2H3. The molecule has 102 valence electrons. The Balaban J connectivity index is 2.59. The van der Waals surface area contributed by atoms with Crippen molar-refractivity contribution in [3.63, 3.8) is 0 Å². The summed E-state index contributed by atoms with van der Waals surface area (Å²) in [5, 5.41) is 0. The molecule has 1 rings (SSSR count). The van der Waals surface area contributed by atoms with Gasteiger partial charge in [-0.2, -0.15) is 0 Å². The van der Waals surface area contributed by atoms with Gasteiger partial charge in [-0.25, -0.2) is 0 Å². The lowest BCUT2D eigenvalue weighted by Crippen LogP contribution is -2.41. The van der Waals surface area contributed by atoms with Crippen molar-refractivity contribution < 1.29 is 8.85 Å². The minimum atomic E-state index is -1.98. The van der Waals surface area contributed by atoms with E-state index in [0.29, 0.717) is 6.61 Å². The van der Waals surface area contributed by atoms with Crippen LogP contribution in [0.5, 0.6) is 0 Å². The summed E-state index contributed by atoms with van der Waals surface area (Å²) in [6.07, 6.45) is 1.19. The first-order chi connectivity index (χ1) is 8.76. The molecule has 0 saturated heterocycles. The average molecular weight is 378 g/mol. The van der Waals surface area contributed by atoms with Crippen molar-refractivity contribution in [1.29, 1.82) is 0 Å². The maximum absolute atomic E-state index is 6.22. The lowest BCUT2D eigenvalue weighted by atomic mass is 10.2. The van der Waals surface area contributed by atoms with Crippen LogP contribution in [0.1, 0.15) is 25.8 Å². The molecule has 4 heteroatoms. The molecule has 0 aliphatic carbocycles. The summed E-state index contributed by atoms with van der Waals surface area (Å²) in [5.74, 6) is 0. The summed E-state index contributed by atoms with van der Waals surface area (Å²) < 4.78 is 13.4. The third-order valence-electron chi connectivity index (χ3n) is 2.98. The lowest BCUT2D eigenvalue weighted by molar-refractivity contribution is 0.167. The Kier molecular flexibility index (Phi) is 8.13. The number of alkyl halides is 1. The largest absolute Gasteiger partial charge is 0.394 e. The van der Waals surface area contributed by atoms with Gasteiger partial charge in [-0.3, -0.25) is 0 Å². The quantitative estimate of drug-likeness (QED) is 0.357. The van der Waals surface area contributed by atoms with Gasteiger partial charge in [0.25, 0.3) is 0 Å². The first-order valence-corrected chi connectivity index (χ1v) is 10.4. The van der Waals surface area contributed by atoms with E-state index in [1.807, 2.05) is 6.07 Å². The molecule has 1 aromatic carbocycles. The third-order valence-corrected chi connectivity index (χ3v) is 7.42. The molecule has 0 aliphatic rings. The Hall–Kier alpha value is 0.0869. The van der Waals surface area contributed by atoms with Gasteiger partial charge in [0.1, 0.15) is 0 Å². The van der Waals surface area contributed by atoms with Crippen LogP contribution in [0.2, 0.25) is 12.1 Å². The third kappa shape index (κ3) is 5.38. The van der Waals surface area contributed by atoms with E-state index < -0.39 is 8.56 Å². The molecule has 1 aromatic rings. The first kappa shape index (κ1) is 16.1. The number of hydrogen-bond donors (Lipinski definition) is 0. The average Bonchev–Trinajstić information content (AvgIpc) is 2.43. The van der Waals surface area contributed by atoms with E-state index >= 15 is 0 Å². The molecule has 0 aliphatic heterocycles. The summed E-state index contributed by atoms with van der Waals surface area (Å²) in [4.78, 5) is 0. The number of halogens is 1. The normalized spacial score (nSPS) is 14.4. The molecule has 2 nitrogen and oxygen atoms in total. The Bertz CT molecular complexity index is 321. The Morgan fingerprint density at radius 2 is 1.83 bits per heavy atom. The van der Waals surface area contributed by atoms with Gasteiger partial charge >= 0.3 is 8.56 Å². The SMILES string of the molecule is CCO[Si](CC)(CCCI)OCc1ccccc1. The van der Waals surface area contributed by atoms with Gasteiger partial charge in [-0.15, -0.1) is 0 Å². The molecule has 1 atom stereocenters. The molecule has 0 amide bonds. The van der Waals surface area contributed by atoms with Crippen LogP contribution in [0.25, 0.3) is 0 Å². The van der Waals surface area contributed by atoms with Crippen molar-refractivity contribution in [2.24, 2.45) is 0 Å². The van der Waals surface area contributed by atoms with E-state index in [0.717, 1.165) is 18.7 Å². The Labute approximate surface area is 125 Å². The van der Waals surface area contributed by atoms with Crippen molar-refractivity contribution >= 4 is 31.2 Å². The lowest BCUT2D eigenvalue weighted by Gasteiger charge is -2.29. The second-order valence-corrected chi connectivity index (χ2v) is 8.95. The van der Waals surface area contributed by atoms with Gasteiger partial charge in [-0.05, 0) is 35.4 Å². The van der Waals surface area contributed by atoms with Gasteiger partial charge in [0.15, 0.2) is 0 Å². The molecule has 0 radical (unpaired) electrons. The molecular weight excluding hydrogens is 355 g/mol. The van der Waals surface area contributed by atoms with Crippen molar-refractivity contribution in [3.05, 3.63) is 35.9 Å². The summed E-state index contributed by atoms with van der Waals surface area (Å²) in [7, 11) is -1.98. The molecular formula is C14H23IO2Si. The van der Waals surface area contributed by atoms with E-state index in [9.17, 15) is 0 Å². The molecule has 0 aromatic heterocycles. The molecule has 0 heterocycles. The molecule has 0 bridgehead atoms. The van der Waals surface area contributed by atoms with E-state index in [4.69, 9.17) is 8.85 Å². The van der Waals surface area contributed by atoms with Gasteiger partial charge < -0.3 is 8.85 Å². The van der Waals surface area contributed by atoms with Gasteiger partial charge in [0.05, 0.1) is 6.61 Å². The number of hydrogen-bond acceptors (Lipinski definition) is 2. The fourth-order valence-corrected chi connectivity index (χ4v) is 5.86. The zero-order chi connectivity index (χ0) is 13.3. The maximum Gasteiger partial charge on any atom is 0.338 e. The van der Waals surface area contributed by atoms with E-state index in [2.05, 4.69) is 60.7 Å². The van der Waals surface area contributed by atoms with Crippen LogP contribution in [0.4, 0.5) is 0 Å². The molecule has 1 unspecified atom stereocenters. The maximum atomic E-state index is 6.22. The Morgan fingerprint density at radius 1 is 1.11 bits per heavy atom. The molecule has 0 fully saturated rings. The predicted octanol–water partition coefficient (Wildman–Crippen LogP) is 4.53. The van der Waals surface area contributed by atoms with Crippen molar-refractivity contribution in [2.45, 2.75) is 39.0 Å². The minimum Gasteiger partial charge on any atom is -0.394 e. The van der Waals surface area contributed by atoms with Crippen LogP contribution < -0.4 is 0 Å². The van der Waals surface area contributed by atoms with E-state index in [1.165, 1.54) is 16.4 Å². The smallest absolute Gasteiger partial charge is 0.338 e. The molecule has 18 heavy (non-hydrogen) atoms. The Morgan fingerprint density at radius 3 is 2.39 bits per heavy atom. The topological polar surface area (TPSA) is 18.5 Å². The zero-order valence-corrected chi connectivity index (χ0v) is 14.5. The zero-order valence-electron chi connectivity index (χ0n) is 11.3. The van der Waals surface area contributed by atoms with Crippen molar-refractivity contribution in [3.8, 4) is 0 Å². The summed E-state index contributed by atoms with van der Waals surface area (Å²) in [5.41, 5.74) is 1.23. The fourth-order valence-electron chi connectivity index (χ4n) is 1.96. The van der Waals surface area contributed by atoms with Crippen LogP contribution in [0, 0.1) is 0 Å². The highest BCUT2D eigenvalue weighted by atomic mass is 127. The first-order valence-electron chi connectivity index (χ1n) is 6.64. The summed E-state index contributed by atoms with van der Waals surface area (Å²) in [6.45, 7) is 5.70. The summed E-state index contributed by atoms with van der Waals surface area (Å²) >= 11 is 2.42. The molecule has 0 saturated carbocycles. The van der Waals surface area contributed by atoms with Gasteiger partial charge in [0.2, 0.25) is 0 Å². The van der Waals surface area contributed by atoms with Crippen molar-refractivity contribution in [1.82, 2.24) is 0 Å². The van der Waals surface area contributed by atoms with E-state index in [1.54, 1.807) is 0 Å². The van der Waals surface area contributed by atoms with Crippen LogP contribution in [0.15, 0.2) is 30.3 Å². The van der Waals surface area contributed by atoms with Crippen LogP contribution in [-0.2, 0) is 15.5 Å². The highest BCUT2D eigenvalue weighted by molar-refractivity contribution is 14.1. The fraction of sp³-hybridized carbons (Fsp3) is 0.571. The van der Waals surface area contributed by atoms with Crippen LogP contribution in [-0.4, -0.2) is 19.6 Å². The second kappa shape index (κ2) is 9.06. The molecule has 0 N–H and O–H groups in total. The van der Waals surface area contributed by atoms with Crippen molar-refractivity contribution in [2.75, 3.05) is 11.0 Å². The number of benzene rings is 1. The monoisotopic (exact) mass is 378 g/mol. The summed E-state index contributed by atoms with van der Waals surface area (Å²) in [6, 6.07) is 12.5. The highest BCUT2D eigenvalue weighted by Gasteiger charge is 2.34. The van der Waals surface area contributed by atoms with Gasteiger partial charge in [0, 0.05) is 6.61 Å². The predicted molar refractivity (Wildman–Crippen MR) is 87.4 cm³/mol. The minimum absolute atomic E-state index is 0.683. The molecule has 0 spiro atoms. The highest BCUT2D eigenvalue weighted by Crippen LogP contribution is 2.23. The second-order valence-electron chi connectivity index (χ2n) is 4.26. The van der Waals surface area contributed by atoms with Gasteiger partial charge in [-0.1, -0.05) is 59.8 Å². The van der Waals surface area contributed by atoms with Crippen LogP contribution >= 0.6 is 22.6 Å². The van der Waals surface area contributed by atoms with Crippen LogP contribution in [0.3, 0.4) is 0 Å². The van der Waals surface area contributed by atoms with E-state index in [-0.39, 0.29) is 0 Å². The number of rotatable bonds is 9.